The molecule has 3 rings (SSSR count). The van der Waals surface area contributed by atoms with Gasteiger partial charge in [-0.2, -0.15) is 4.31 Å². The maximum Gasteiger partial charge on any atom is 0.324 e. The molecule has 0 spiro atoms. The number of amides is 3. The summed E-state index contributed by atoms with van der Waals surface area (Å²) < 4.78 is 27.3. The van der Waals surface area contributed by atoms with Gasteiger partial charge in [-0.05, 0) is 19.1 Å². The molecule has 0 bridgehead atoms. The largest absolute Gasteiger partial charge is 0.336 e. The second kappa shape index (κ2) is 7.20. The van der Waals surface area contributed by atoms with Crippen molar-refractivity contribution in [2.45, 2.75) is 17.2 Å². The van der Waals surface area contributed by atoms with Gasteiger partial charge in [0.25, 0.3) is 15.9 Å². The molecule has 0 saturated carbocycles. The number of quaternary nitrogens is 1. The molecule has 0 aromatic carbocycles. The second-order valence-electron chi connectivity index (χ2n) is 6.06. The van der Waals surface area contributed by atoms with Crippen molar-refractivity contribution >= 4 is 44.9 Å². The lowest BCUT2D eigenvalue weighted by Crippen LogP contribution is -3.19. The average Bonchev–Trinajstić information content (AvgIpc) is 3.22. The monoisotopic (exact) mass is 407 g/mol. The number of piperazine rings is 1. The molecule has 3 amide bonds. The number of hydrogen-bond donors (Lipinski definition) is 2. The van der Waals surface area contributed by atoms with E-state index in [1.165, 1.54) is 15.3 Å². The molecule has 2 saturated heterocycles. The van der Waals surface area contributed by atoms with Crippen LogP contribution >= 0.6 is 22.9 Å². The fraction of sp³-hybridized carbons (Fsp3) is 0.571. The number of urea groups is 1. The number of nitrogens with zero attached hydrogens (tertiary/aromatic N) is 2. The normalized spacial score (nSPS) is 21.4. The number of imide groups is 1. The van der Waals surface area contributed by atoms with Crippen LogP contribution in [-0.2, 0) is 14.8 Å². The molecule has 2 aliphatic rings. The Morgan fingerprint density at radius 1 is 1.32 bits per heavy atom. The Morgan fingerprint density at radius 2 is 2.00 bits per heavy atom. The molecule has 3 heterocycles. The van der Waals surface area contributed by atoms with Gasteiger partial charge in [0.05, 0.1) is 30.5 Å². The number of nitrogens with one attached hydrogen (secondary N) is 2. The SMILES string of the molecule is C[C@@H](C(=O)N1CCNC1=O)[NH+]1CCN(S(=O)(=O)c2ccc(Cl)s2)CC1. The Labute approximate surface area is 155 Å². The van der Waals surface area contributed by atoms with Crippen LogP contribution in [0.2, 0.25) is 4.34 Å². The van der Waals surface area contributed by atoms with E-state index >= 15 is 0 Å². The number of rotatable bonds is 4. The summed E-state index contributed by atoms with van der Waals surface area (Å²) >= 11 is 6.88. The predicted octanol–water partition coefficient (Wildman–Crippen LogP) is -0.769. The molecule has 1 aromatic rings. The fourth-order valence-corrected chi connectivity index (χ4v) is 6.18. The summed E-state index contributed by atoms with van der Waals surface area (Å²) in [5.74, 6) is -0.216. The van der Waals surface area contributed by atoms with Gasteiger partial charge in [-0.15, -0.1) is 11.3 Å². The lowest BCUT2D eigenvalue weighted by atomic mass is 10.2. The van der Waals surface area contributed by atoms with Crippen LogP contribution in [0.4, 0.5) is 4.79 Å². The highest BCUT2D eigenvalue weighted by Crippen LogP contribution is 2.28. The van der Waals surface area contributed by atoms with E-state index in [1.807, 2.05) is 0 Å². The van der Waals surface area contributed by atoms with Crippen LogP contribution in [0, 0.1) is 0 Å². The van der Waals surface area contributed by atoms with Crippen LogP contribution in [-0.4, -0.2) is 74.9 Å². The maximum absolute atomic E-state index is 12.6. The lowest BCUT2D eigenvalue weighted by Gasteiger charge is -2.34. The number of hydrogen-bond acceptors (Lipinski definition) is 5. The van der Waals surface area contributed by atoms with Crippen LogP contribution in [0.25, 0.3) is 0 Å². The number of thiophene rings is 1. The van der Waals surface area contributed by atoms with Gasteiger partial charge in [0.15, 0.2) is 6.04 Å². The number of sulfonamides is 1. The van der Waals surface area contributed by atoms with Crippen molar-refractivity contribution < 1.29 is 22.9 Å². The Morgan fingerprint density at radius 3 is 2.52 bits per heavy atom. The van der Waals surface area contributed by atoms with Gasteiger partial charge in [-0.25, -0.2) is 13.2 Å². The number of halogens is 1. The highest BCUT2D eigenvalue weighted by molar-refractivity contribution is 7.91. The predicted molar refractivity (Wildman–Crippen MR) is 93.4 cm³/mol. The molecule has 138 valence electrons. The van der Waals surface area contributed by atoms with Gasteiger partial charge < -0.3 is 10.2 Å². The van der Waals surface area contributed by atoms with E-state index in [2.05, 4.69) is 5.32 Å². The van der Waals surface area contributed by atoms with E-state index in [1.54, 1.807) is 13.0 Å². The van der Waals surface area contributed by atoms with Crippen molar-refractivity contribution in [2.24, 2.45) is 0 Å². The van der Waals surface area contributed by atoms with Crippen LogP contribution in [0.5, 0.6) is 0 Å². The van der Waals surface area contributed by atoms with Gasteiger partial charge in [-0.3, -0.25) is 9.69 Å². The topological polar surface area (TPSA) is 91.2 Å². The van der Waals surface area contributed by atoms with Crippen molar-refractivity contribution in [3.63, 3.8) is 0 Å². The summed E-state index contributed by atoms with van der Waals surface area (Å²) in [4.78, 5) is 26.3. The smallest absolute Gasteiger partial charge is 0.324 e. The molecular weight excluding hydrogens is 388 g/mol. The van der Waals surface area contributed by atoms with E-state index in [0.717, 1.165) is 16.2 Å². The van der Waals surface area contributed by atoms with Crippen molar-refractivity contribution in [1.29, 1.82) is 0 Å². The lowest BCUT2D eigenvalue weighted by molar-refractivity contribution is -0.917. The molecule has 2 fully saturated rings. The summed E-state index contributed by atoms with van der Waals surface area (Å²) in [6, 6.07) is 2.35. The molecular formula is C14H20ClN4O4S2+. The quantitative estimate of drug-likeness (QED) is 0.685. The molecule has 8 nitrogen and oxygen atoms in total. The molecule has 1 aromatic heterocycles. The van der Waals surface area contributed by atoms with Crippen molar-refractivity contribution in [2.75, 3.05) is 39.3 Å². The van der Waals surface area contributed by atoms with E-state index in [-0.39, 0.29) is 22.2 Å². The zero-order valence-corrected chi connectivity index (χ0v) is 16.1. The first-order valence-corrected chi connectivity index (χ1v) is 10.6. The van der Waals surface area contributed by atoms with E-state index in [4.69, 9.17) is 11.6 Å². The van der Waals surface area contributed by atoms with Gasteiger partial charge >= 0.3 is 6.03 Å². The third kappa shape index (κ3) is 3.68. The molecule has 2 aliphatic heterocycles. The van der Waals surface area contributed by atoms with Crippen molar-refractivity contribution in [3.8, 4) is 0 Å². The average molecular weight is 408 g/mol. The maximum atomic E-state index is 12.6. The second-order valence-corrected chi connectivity index (χ2v) is 9.94. The fourth-order valence-electron chi connectivity index (χ4n) is 3.10. The molecule has 11 heteroatoms. The van der Waals surface area contributed by atoms with Gasteiger partial charge in [0.2, 0.25) is 0 Å². The summed E-state index contributed by atoms with van der Waals surface area (Å²) in [5, 5.41) is 2.62. The molecule has 0 unspecified atom stereocenters. The third-order valence-electron chi connectivity index (χ3n) is 4.61. The van der Waals surface area contributed by atoms with Crippen LogP contribution < -0.4 is 10.2 Å². The Kier molecular flexibility index (Phi) is 5.35. The van der Waals surface area contributed by atoms with E-state index in [0.29, 0.717) is 43.6 Å². The molecule has 25 heavy (non-hydrogen) atoms. The van der Waals surface area contributed by atoms with Crippen molar-refractivity contribution in [3.05, 3.63) is 16.5 Å². The Balaban J connectivity index is 1.61. The number of carbonyl (C=O) groups excluding carboxylic acids is 2. The summed E-state index contributed by atoms with van der Waals surface area (Å²) in [5.41, 5.74) is 0. The first kappa shape index (κ1) is 18.6. The minimum atomic E-state index is -3.54. The molecule has 1 atom stereocenters. The first-order chi connectivity index (χ1) is 11.8. The summed E-state index contributed by atoms with van der Waals surface area (Å²) in [6.07, 6.45) is 0. The first-order valence-electron chi connectivity index (χ1n) is 8.00. The van der Waals surface area contributed by atoms with E-state index < -0.39 is 10.0 Å². The molecule has 0 aliphatic carbocycles. The summed E-state index contributed by atoms with van der Waals surface area (Å²) in [7, 11) is -3.54. The standard InChI is InChI=1S/C14H19ClN4O4S2/c1-10(13(20)19-5-4-16-14(19)21)17-6-8-18(9-7-17)25(22,23)12-3-2-11(15)24-12/h2-3,10H,4-9H2,1H3,(H,16,21)/p+1/t10-/m0/s1. The zero-order chi connectivity index (χ0) is 18.2. The van der Waals surface area contributed by atoms with Crippen LogP contribution in [0.3, 0.4) is 0 Å². The van der Waals surface area contributed by atoms with Crippen LogP contribution in [0.15, 0.2) is 16.3 Å². The van der Waals surface area contributed by atoms with Crippen molar-refractivity contribution in [1.82, 2.24) is 14.5 Å². The molecule has 2 N–H and O–H groups in total. The van der Waals surface area contributed by atoms with Gasteiger partial charge in [-0.1, -0.05) is 11.6 Å². The number of carbonyl (C=O) groups is 2. The highest BCUT2D eigenvalue weighted by atomic mass is 35.5. The van der Waals surface area contributed by atoms with E-state index in [9.17, 15) is 18.0 Å². The van der Waals surface area contributed by atoms with Crippen LogP contribution in [0.1, 0.15) is 6.92 Å². The van der Waals surface area contributed by atoms with Gasteiger partial charge in [0, 0.05) is 13.1 Å². The Bertz CT molecular complexity index is 774. The Hall–Kier alpha value is -1.20. The molecule has 0 radical (unpaired) electrons. The highest BCUT2D eigenvalue weighted by Gasteiger charge is 2.38. The minimum Gasteiger partial charge on any atom is -0.336 e. The zero-order valence-electron chi connectivity index (χ0n) is 13.7. The minimum absolute atomic E-state index is 0.216. The summed E-state index contributed by atoms with van der Waals surface area (Å²) in [6.45, 7) is 4.33. The third-order valence-corrected chi connectivity index (χ3v) is 8.21. The van der Waals surface area contributed by atoms with Gasteiger partial charge in [0.1, 0.15) is 4.21 Å².